The van der Waals surface area contributed by atoms with Crippen molar-refractivity contribution in [2.24, 2.45) is 5.92 Å². The Balaban J connectivity index is 2.05. The van der Waals surface area contributed by atoms with E-state index in [-0.39, 0.29) is 0 Å². The van der Waals surface area contributed by atoms with E-state index < -0.39 is 0 Å². The number of hydrogen-bond donors (Lipinski definition) is 1. The fourth-order valence-corrected chi connectivity index (χ4v) is 4.57. The lowest BCUT2D eigenvalue weighted by atomic mass is 9.88. The maximum atomic E-state index is 3.60. The van der Waals surface area contributed by atoms with Crippen LogP contribution in [-0.4, -0.2) is 31.6 Å². The van der Waals surface area contributed by atoms with Crippen LogP contribution < -0.4 is 5.32 Å². The molecule has 4 heteroatoms. The largest absolute Gasteiger partial charge is 0.316 e. The van der Waals surface area contributed by atoms with Gasteiger partial charge in [0.2, 0.25) is 0 Å². The second-order valence-electron chi connectivity index (χ2n) is 5.20. The van der Waals surface area contributed by atoms with E-state index in [0.29, 0.717) is 6.04 Å². The molecule has 1 aromatic heterocycles. The molecule has 1 saturated heterocycles. The summed E-state index contributed by atoms with van der Waals surface area (Å²) in [5.74, 6) is 0.751. The lowest BCUT2D eigenvalue weighted by Gasteiger charge is -2.39. The minimum atomic E-state index is 0.597. The highest BCUT2D eigenvalue weighted by atomic mass is 79.9. The molecule has 1 fully saturated rings. The number of nitrogens with zero attached hydrogens (tertiary/aromatic N) is 1. The Kier molecular flexibility index (Phi) is 5.67. The van der Waals surface area contributed by atoms with Gasteiger partial charge in [-0.3, -0.25) is 4.90 Å². The summed E-state index contributed by atoms with van der Waals surface area (Å²) in [5, 5.41) is 5.80. The van der Waals surface area contributed by atoms with Gasteiger partial charge in [0.15, 0.2) is 0 Å². The average molecular weight is 331 g/mol. The molecule has 2 atom stereocenters. The van der Waals surface area contributed by atoms with Crippen molar-refractivity contribution in [2.45, 2.75) is 32.2 Å². The van der Waals surface area contributed by atoms with E-state index in [1.54, 1.807) is 0 Å². The van der Waals surface area contributed by atoms with E-state index in [4.69, 9.17) is 0 Å². The van der Waals surface area contributed by atoms with Crippen LogP contribution in [0.25, 0.3) is 0 Å². The second-order valence-corrected chi connectivity index (χ2v) is 7.06. The molecule has 102 valence electrons. The number of piperidine rings is 1. The molecule has 2 rings (SSSR count). The molecule has 1 aliphatic heterocycles. The van der Waals surface area contributed by atoms with Crippen LogP contribution in [0.2, 0.25) is 0 Å². The summed E-state index contributed by atoms with van der Waals surface area (Å²) in [7, 11) is 2.27. The van der Waals surface area contributed by atoms with Crippen LogP contribution in [0.15, 0.2) is 15.9 Å². The van der Waals surface area contributed by atoms with Crippen molar-refractivity contribution in [3.8, 4) is 0 Å². The second kappa shape index (κ2) is 7.04. The molecule has 2 nitrogen and oxygen atoms in total. The molecule has 2 heterocycles. The molecule has 1 aromatic rings. The van der Waals surface area contributed by atoms with Crippen LogP contribution in [0.4, 0.5) is 0 Å². The fraction of sp³-hybridized carbons (Fsp3) is 0.714. The first kappa shape index (κ1) is 14.5. The fourth-order valence-electron chi connectivity index (χ4n) is 2.87. The third kappa shape index (κ3) is 3.56. The molecular weight excluding hydrogens is 308 g/mol. The summed E-state index contributed by atoms with van der Waals surface area (Å²) in [6.07, 6.45) is 3.90. The SMILES string of the molecule is CCCNCC1CCCN(C)C1c1cc(Br)cs1. The van der Waals surface area contributed by atoms with Crippen LogP contribution in [0.3, 0.4) is 0 Å². The predicted molar refractivity (Wildman–Crippen MR) is 83.3 cm³/mol. The molecule has 0 aliphatic carbocycles. The van der Waals surface area contributed by atoms with Gasteiger partial charge in [-0.2, -0.15) is 0 Å². The molecule has 1 N–H and O–H groups in total. The Bertz CT molecular complexity index is 366. The summed E-state index contributed by atoms with van der Waals surface area (Å²) in [6.45, 7) is 5.75. The van der Waals surface area contributed by atoms with Crippen molar-refractivity contribution in [1.82, 2.24) is 10.2 Å². The zero-order chi connectivity index (χ0) is 13.0. The van der Waals surface area contributed by atoms with Gasteiger partial charge >= 0.3 is 0 Å². The molecule has 18 heavy (non-hydrogen) atoms. The zero-order valence-electron chi connectivity index (χ0n) is 11.3. The first-order valence-corrected chi connectivity index (χ1v) is 8.54. The Hall–Kier alpha value is 0.1000. The van der Waals surface area contributed by atoms with Gasteiger partial charge in [0.05, 0.1) is 0 Å². The molecule has 0 spiro atoms. The van der Waals surface area contributed by atoms with E-state index in [1.807, 2.05) is 11.3 Å². The maximum absolute atomic E-state index is 3.60. The third-order valence-electron chi connectivity index (χ3n) is 3.72. The van der Waals surface area contributed by atoms with Crippen molar-refractivity contribution in [1.29, 1.82) is 0 Å². The Morgan fingerprint density at radius 3 is 3.06 bits per heavy atom. The molecule has 0 saturated carbocycles. The molecule has 0 bridgehead atoms. The first-order chi connectivity index (χ1) is 8.72. The molecule has 0 aromatic carbocycles. The number of nitrogens with one attached hydrogen (secondary N) is 1. The number of halogens is 1. The lowest BCUT2D eigenvalue weighted by Crippen LogP contribution is -2.40. The summed E-state index contributed by atoms with van der Waals surface area (Å²) in [4.78, 5) is 4.03. The predicted octanol–water partition coefficient (Wildman–Crippen LogP) is 3.89. The highest BCUT2D eigenvalue weighted by molar-refractivity contribution is 9.10. The highest BCUT2D eigenvalue weighted by Crippen LogP contribution is 2.38. The van der Waals surface area contributed by atoms with Gasteiger partial charge in [-0.05, 0) is 73.9 Å². The van der Waals surface area contributed by atoms with Gasteiger partial charge < -0.3 is 5.32 Å². The van der Waals surface area contributed by atoms with Crippen LogP contribution in [-0.2, 0) is 0 Å². The number of likely N-dealkylation sites (tertiary alicyclic amines) is 1. The zero-order valence-corrected chi connectivity index (χ0v) is 13.7. The minimum absolute atomic E-state index is 0.597. The summed E-state index contributed by atoms with van der Waals surface area (Å²) in [6, 6.07) is 2.89. The van der Waals surface area contributed by atoms with E-state index >= 15 is 0 Å². The van der Waals surface area contributed by atoms with E-state index in [2.05, 4.69) is 51.6 Å². The molecular formula is C14H23BrN2S. The van der Waals surface area contributed by atoms with Crippen molar-refractivity contribution < 1.29 is 0 Å². The number of rotatable bonds is 5. The summed E-state index contributed by atoms with van der Waals surface area (Å²) >= 11 is 5.47. The van der Waals surface area contributed by atoms with Gasteiger partial charge in [0.25, 0.3) is 0 Å². The van der Waals surface area contributed by atoms with E-state index in [9.17, 15) is 0 Å². The quantitative estimate of drug-likeness (QED) is 0.824. The van der Waals surface area contributed by atoms with E-state index in [1.165, 1.54) is 35.2 Å². The number of thiophene rings is 1. The highest BCUT2D eigenvalue weighted by Gasteiger charge is 2.31. The molecule has 1 aliphatic rings. The first-order valence-electron chi connectivity index (χ1n) is 6.87. The van der Waals surface area contributed by atoms with Crippen LogP contribution in [0, 0.1) is 5.92 Å². The maximum Gasteiger partial charge on any atom is 0.0479 e. The topological polar surface area (TPSA) is 15.3 Å². The van der Waals surface area contributed by atoms with Gasteiger partial charge in [-0.1, -0.05) is 6.92 Å². The Labute approximate surface area is 123 Å². The van der Waals surface area contributed by atoms with Crippen molar-refractivity contribution in [3.05, 3.63) is 20.8 Å². The third-order valence-corrected chi connectivity index (χ3v) is 5.48. The van der Waals surface area contributed by atoms with Crippen LogP contribution in [0.1, 0.15) is 37.1 Å². The van der Waals surface area contributed by atoms with Gasteiger partial charge in [-0.25, -0.2) is 0 Å². The van der Waals surface area contributed by atoms with Crippen molar-refractivity contribution in [2.75, 3.05) is 26.7 Å². The van der Waals surface area contributed by atoms with Crippen LogP contribution >= 0.6 is 27.3 Å². The molecule has 0 amide bonds. The van der Waals surface area contributed by atoms with E-state index in [0.717, 1.165) is 19.0 Å². The van der Waals surface area contributed by atoms with Crippen molar-refractivity contribution in [3.63, 3.8) is 0 Å². The molecule has 2 unspecified atom stereocenters. The Morgan fingerprint density at radius 1 is 1.56 bits per heavy atom. The smallest absolute Gasteiger partial charge is 0.0479 e. The number of hydrogen-bond acceptors (Lipinski definition) is 3. The van der Waals surface area contributed by atoms with Gasteiger partial charge in [0, 0.05) is 20.8 Å². The van der Waals surface area contributed by atoms with Gasteiger partial charge in [0.1, 0.15) is 0 Å². The standard InChI is InChI=1S/C14H23BrN2S/c1-3-6-16-9-11-5-4-7-17(2)14(11)13-8-12(15)10-18-13/h8,10-11,14,16H,3-7,9H2,1-2H3. The van der Waals surface area contributed by atoms with Crippen molar-refractivity contribution >= 4 is 27.3 Å². The average Bonchev–Trinajstić information content (AvgIpc) is 2.76. The Morgan fingerprint density at radius 2 is 2.39 bits per heavy atom. The minimum Gasteiger partial charge on any atom is -0.316 e. The summed E-state index contributed by atoms with van der Waals surface area (Å²) < 4.78 is 1.22. The normalized spacial score (nSPS) is 25.5. The lowest BCUT2D eigenvalue weighted by molar-refractivity contribution is 0.122. The monoisotopic (exact) mass is 330 g/mol. The van der Waals surface area contributed by atoms with Crippen LogP contribution in [0.5, 0.6) is 0 Å². The molecule has 0 radical (unpaired) electrons. The summed E-state index contributed by atoms with van der Waals surface area (Å²) in [5.41, 5.74) is 0. The van der Waals surface area contributed by atoms with Gasteiger partial charge in [-0.15, -0.1) is 11.3 Å².